The number of aliphatic hydroxyl groups is 1. The van der Waals surface area contributed by atoms with Gasteiger partial charge in [0.05, 0.1) is 12.0 Å². The summed E-state index contributed by atoms with van der Waals surface area (Å²) in [5.74, 6) is 1.87. The summed E-state index contributed by atoms with van der Waals surface area (Å²) in [4.78, 5) is 12.7. The summed E-state index contributed by atoms with van der Waals surface area (Å²) in [6, 6.07) is 5.88. The lowest BCUT2D eigenvalue weighted by Crippen LogP contribution is -2.58. The molecule has 3 fully saturated rings. The van der Waals surface area contributed by atoms with Gasteiger partial charge in [-0.25, -0.2) is 0 Å². The quantitative estimate of drug-likeness (QED) is 0.756. The van der Waals surface area contributed by atoms with Crippen molar-refractivity contribution in [2.75, 3.05) is 13.3 Å². The van der Waals surface area contributed by atoms with Crippen LogP contribution in [0.3, 0.4) is 0 Å². The van der Waals surface area contributed by atoms with Gasteiger partial charge in [-0.05, 0) is 47.8 Å². The first-order valence-electron chi connectivity index (χ1n) is 11.0. The number of benzene rings is 1. The molecule has 2 heterocycles. The molecule has 29 heavy (non-hydrogen) atoms. The zero-order valence-corrected chi connectivity index (χ0v) is 17.2. The molecule has 0 bridgehead atoms. The van der Waals surface area contributed by atoms with E-state index < -0.39 is 6.10 Å². The van der Waals surface area contributed by atoms with E-state index in [1.165, 1.54) is 6.42 Å². The summed E-state index contributed by atoms with van der Waals surface area (Å²) in [6.45, 7) is 5.91. The Morgan fingerprint density at radius 3 is 2.93 bits per heavy atom. The van der Waals surface area contributed by atoms with Gasteiger partial charge in [-0.3, -0.25) is 4.79 Å². The largest absolute Gasteiger partial charge is 0.462 e. The van der Waals surface area contributed by atoms with E-state index in [9.17, 15) is 9.90 Å². The van der Waals surface area contributed by atoms with Gasteiger partial charge < -0.3 is 24.6 Å². The topological polar surface area (TPSA) is 77.0 Å². The van der Waals surface area contributed by atoms with E-state index in [-0.39, 0.29) is 36.1 Å². The Balaban J connectivity index is 1.27. The van der Waals surface area contributed by atoms with Crippen LogP contribution in [0.15, 0.2) is 18.2 Å². The van der Waals surface area contributed by atoms with E-state index >= 15 is 0 Å². The molecule has 7 unspecified atom stereocenters. The summed E-state index contributed by atoms with van der Waals surface area (Å²) in [7, 11) is 0. The van der Waals surface area contributed by atoms with Crippen molar-refractivity contribution < 1.29 is 24.1 Å². The maximum atomic E-state index is 12.7. The lowest BCUT2D eigenvalue weighted by molar-refractivity contribution is -0.162. The van der Waals surface area contributed by atoms with E-state index in [2.05, 4.69) is 19.2 Å². The van der Waals surface area contributed by atoms with Crippen molar-refractivity contribution in [3.8, 4) is 11.5 Å². The average molecular weight is 402 g/mol. The Hall–Kier alpha value is -1.79. The van der Waals surface area contributed by atoms with Crippen LogP contribution in [-0.4, -0.2) is 36.6 Å². The second kappa shape index (κ2) is 7.17. The maximum absolute atomic E-state index is 12.7. The molecule has 5 rings (SSSR count). The molecule has 6 nitrogen and oxygen atoms in total. The molecule has 2 N–H and O–H groups in total. The second-order valence-electron chi connectivity index (χ2n) is 9.55. The Kier molecular flexibility index (Phi) is 4.74. The highest BCUT2D eigenvalue weighted by atomic mass is 16.7. The average Bonchev–Trinajstić information content (AvgIpc) is 3.28. The van der Waals surface area contributed by atoms with E-state index in [0.717, 1.165) is 36.3 Å². The Bertz CT molecular complexity index is 797. The van der Waals surface area contributed by atoms with Gasteiger partial charge in [-0.15, -0.1) is 0 Å². The van der Waals surface area contributed by atoms with Crippen LogP contribution >= 0.6 is 0 Å². The Labute approximate surface area is 171 Å². The highest BCUT2D eigenvalue weighted by molar-refractivity contribution is 5.76. The van der Waals surface area contributed by atoms with Crippen molar-refractivity contribution in [1.82, 2.24) is 5.32 Å². The first-order valence-corrected chi connectivity index (χ1v) is 11.0. The maximum Gasteiger partial charge on any atom is 0.311 e. The van der Waals surface area contributed by atoms with Gasteiger partial charge in [0.15, 0.2) is 11.5 Å². The van der Waals surface area contributed by atoms with Gasteiger partial charge in [-0.1, -0.05) is 32.8 Å². The molecule has 1 aromatic carbocycles. The summed E-state index contributed by atoms with van der Waals surface area (Å²) < 4.78 is 16.6. The number of aliphatic hydroxyl groups excluding tert-OH is 1. The molecule has 4 aliphatic rings. The highest BCUT2D eigenvalue weighted by Gasteiger charge is 2.61. The fourth-order valence-corrected chi connectivity index (χ4v) is 6.30. The molecule has 6 heteroatoms. The van der Waals surface area contributed by atoms with Crippen LogP contribution in [0.5, 0.6) is 11.5 Å². The van der Waals surface area contributed by atoms with Gasteiger partial charge in [0.2, 0.25) is 6.79 Å². The highest BCUT2D eigenvalue weighted by Crippen LogP contribution is 2.57. The lowest BCUT2D eigenvalue weighted by atomic mass is 9.51. The van der Waals surface area contributed by atoms with Crippen LogP contribution < -0.4 is 14.8 Å². The zero-order chi connectivity index (χ0) is 20.2. The fraction of sp³-hybridized carbons (Fsp3) is 0.696. The fourth-order valence-electron chi connectivity index (χ4n) is 6.30. The van der Waals surface area contributed by atoms with Gasteiger partial charge in [0.25, 0.3) is 0 Å². The van der Waals surface area contributed by atoms with Crippen molar-refractivity contribution in [3.05, 3.63) is 23.8 Å². The summed E-state index contributed by atoms with van der Waals surface area (Å²) in [5, 5.41) is 14.8. The van der Waals surface area contributed by atoms with Crippen molar-refractivity contribution in [2.24, 2.45) is 29.1 Å². The number of carbonyl (C=O) groups is 1. The van der Waals surface area contributed by atoms with E-state index in [0.29, 0.717) is 24.9 Å². The number of hydrogen-bond acceptors (Lipinski definition) is 6. The first-order chi connectivity index (χ1) is 14.0. The molecule has 7 atom stereocenters. The van der Waals surface area contributed by atoms with Crippen LogP contribution in [0, 0.1) is 29.1 Å². The SMILES string of the molecule is CC1CCCC2CC3OC(=O)C(CNCc4ccc5c(c4)OCO5)C3C(O)C12C. The van der Waals surface area contributed by atoms with Crippen LogP contribution in [0.4, 0.5) is 0 Å². The van der Waals surface area contributed by atoms with E-state index in [1.54, 1.807) is 0 Å². The summed E-state index contributed by atoms with van der Waals surface area (Å²) >= 11 is 0. The number of ether oxygens (including phenoxy) is 3. The molecular formula is C23H31NO5. The number of esters is 1. The van der Waals surface area contributed by atoms with Crippen molar-refractivity contribution in [3.63, 3.8) is 0 Å². The van der Waals surface area contributed by atoms with Crippen molar-refractivity contribution in [2.45, 2.75) is 58.3 Å². The van der Waals surface area contributed by atoms with E-state index in [4.69, 9.17) is 14.2 Å². The third-order valence-corrected chi connectivity index (χ3v) is 8.24. The normalized spacial score (nSPS) is 40.3. The van der Waals surface area contributed by atoms with Crippen LogP contribution in [0.2, 0.25) is 0 Å². The van der Waals surface area contributed by atoms with Gasteiger partial charge in [-0.2, -0.15) is 0 Å². The van der Waals surface area contributed by atoms with Crippen molar-refractivity contribution in [1.29, 1.82) is 0 Å². The zero-order valence-electron chi connectivity index (χ0n) is 17.2. The van der Waals surface area contributed by atoms with Gasteiger partial charge in [0.1, 0.15) is 6.10 Å². The van der Waals surface area contributed by atoms with Gasteiger partial charge in [0, 0.05) is 19.0 Å². The molecular weight excluding hydrogens is 370 g/mol. The standard InChI is InChI=1S/C23H31NO5/c1-13-4-3-5-15-9-19-20(21(25)23(13,15)2)16(22(26)29-19)11-24-10-14-6-7-17-18(8-14)28-12-27-17/h6-8,13,15-16,19-21,24-25H,3-5,9-12H2,1-2H3. The molecule has 1 aromatic rings. The molecule has 2 aliphatic heterocycles. The third-order valence-electron chi connectivity index (χ3n) is 8.24. The molecule has 0 amide bonds. The van der Waals surface area contributed by atoms with E-state index in [1.807, 2.05) is 18.2 Å². The first kappa shape index (κ1) is 19.2. The van der Waals surface area contributed by atoms with Crippen LogP contribution in [0.25, 0.3) is 0 Å². The number of hydrogen-bond donors (Lipinski definition) is 2. The molecule has 2 saturated carbocycles. The molecule has 2 aliphatic carbocycles. The molecule has 1 saturated heterocycles. The molecule has 0 aromatic heterocycles. The number of carbonyl (C=O) groups excluding carboxylic acids is 1. The lowest BCUT2D eigenvalue weighted by Gasteiger charge is -2.55. The second-order valence-corrected chi connectivity index (χ2v) is 9.55. The third kappa shape index (κ3) is 3.03. The predicted octanol–water partition coefficient (Wildman–Crippen LogP) is 2.87. The minimum Gasteiger partial charge on any atom is -0.462 e. The monoisotopic (exact) mass is 401 g/mol. The predicted molar refractivity (Wildman–Crippen MR) is 106 cm³/mol. The Morgan fingerprint density at radius 1 is 1.24 bits per heavy atom. The minimum atomic E-state index is -0.495. The summed E-state index contributed by atoms with van der Waals surface area (Å²) in [6.07, 6.45) is 3.76. The van der Waals surface area contributed by atoms with Gasteiger partial charge >= 0.3 is 5.97 Å². The molecule has 0 spiro atoms. The Morgan fingerprint density at radius 2 is 2.07 bits per heavy atom. The minimum absolute atomic E-state index is 0.117. The number of fused-ring (bicyclic) bond motifs is 3. The molecule has 0 radical (unpaired) electrons. The van der Waals surface area contributed by atoms with Crippen LogP contribution in [-0.2, 0) is 16.1 Å². The van der Waals surface area contributed by atoms with Crippen LogP contribution in [0.1, 0.15) is 45.1 Å². The summed E-state index contributed by atoms with van der Waals surface area (Å²) in [5.41, 5.74) is 0.956. The molecule has 158 valence electrons. The smallest absolute Gasteiger partial charge is 0.311 e. The van der Waals surface area contributed by atoms with Crippen molar-refractivity contribution >= 4 is 5.97 Å². The number of rotatable bonds is 4. The number of nitrogens with one attached hydrogen (secondary N) is 1.